The lowest BCUT2D eigenvalue weighted by molar-refractivity contribution is -0.613. The van der Waals surface area contributed by atoms with Gasteiger partial charge in [0.25, 0.3) is 6.19 Å². The number of carbonyl (C=O) groups is 1. The molecule has 0 heterocycles. The van der Waals surface area contributed by atoms with Crippen LogP contribution in [-0.4, -0.2) is 16.1 Å². The molecule has 0 bridgehead atoms. The van der Waals surface area contributed by atoms with E-state index in [2.05, 4.69) is 5.11 Å². The van der Waals surface area contributed by atoms with Crippen molar-refractivity contribution in [1.82, 2.24) is 5.01 Å². The Bertz CT molecular complexity index is 270. The van der Waals surface area contributed by atoms with Crippen molar-refractivity contribution in [1.29, 1.82) is 5.26 Å². The second-order valence-electron chi connectivity index (χ2n) is 1.12. The number of carbonyl (C=O) groups excluding carboxylic acids is 1. The number of nitriles is 1. The van der Waals surface area contributed by atoms with E-state index < -0.39 is 16.1 Å². The van der Waals surface area contributed by atoms with Gasteiger partial charge in [-0.2, -0.15) is 5.26 Å². The van der Waals surface area contributed by atoms with E-state index in [0.29, 0.717) is 0 Å². The largest absolute Gasteiger partial charge is 0.388 e. The molecule has 0 aliphatic rings. The Hall–Kier alpha value is -2.33. The number of rotatable bonds is 1. The van der Waals surface area contributed by atoms with E-state index in [0.717, 1.165) is 6.19 Å². The second-order valence-corrected chi connectivity index (χ2v) is 1.12. The van der Waals surface area contributed by atoms with Crippen LogP contribution >= 0.6 is 0 Å². The molecule has 56 valence electrons. The highest BCUT2D eigenvalue weighted by atomic mass is 16.7. The second kappa shape index (κ2) is 3.65. The van der Waals surface area contributed by atoms with Crippen LogP contribution in [0.2, 0.25) is 0 Å². The minimum absolute atomic E-state index is 0.486. The van der Waals surface area contributed by atoms with E-state index in [4.69, 9.17) is 10.8 Å². The van der Waals surface area contributed by atoms with Gasteiger partial charge in [0, 0.05) is 10.0 Å². The van der Waals surface area contributed by atoms with Crippen molar-refractivity contribution < 1.29 is 9.83 Å². The predicted octanol–water partition coefficient (Wildman–Crippen LogP) is 0.391. The van der Waals surface area contributed by atoms with Crippen molar-refractivity contribution in [2.24, 2.45) is 5.11 Å². The number of amides is 2. The van der Waals surface area contributed by atoms with Crippen LogP contribution in [0.1, 0.15) is 0 Å². The van der Waals surface area contributed by atoms with Gasteiger partial charge in [0.15, 0.2) is 5.03 Å². The zero-order valence-corrected chi connectivity index (χ0v) is 4.91. The number of hydrazine groups is 1. The summed E-state index contributed by atoms with van der Waals surface area (Å²) in [6.45, 7) is 0. The number of nitro groups is 1. The first-order valence-corrected chi connectivity index (χ1v) is 2.06. The molecule has 0 aromatic heterocycles. The SMILES string of the molecule is N#CN(C(=O)N=[N+]=[N-])[N+](=O)[O-]. The zero-order chi connectivity index (χ0) is 8.85. The van der Waals surface area contributed by atoms with Gasteiger partial charge >= 0.3 is 6.03 Å². The molecule has 0 unspecified atom stereocenters. The van der Waals surface area contributed by atoms with Crippen LogP contribution < -0.4 is 0 Å². The fraction of sp³-hybridized carbons (Fsp3) is 0. The topological polar surface area (TPSA) is 136 Å². The standard InChI is InChI=1S/C2N6O3/c3-1-7(8(10)11)2(9)5-6-4. The molecule has 0 radical (unpaired) electrons. The number of urea groups is 1. The van der Waals surface area contributed by atoms with Gasteiger partial charge in [0.2, 0.25) is 0 Å². The molecule has 0 rings (SSSR count). The lowest BCUT2D eigenvalue weighted by Gasteiger charge is -1.94. The van der Waals surface area contributed by atoms with Gasteiger partial charge in [-0.25, -0.2) is 10.1 Å². The maximum Gasteiger partial charge on any atom is 0.388 e. The van der Waals surface area contributed by atoms with Crippen molar-refractivity contribution in [3.63, 3.8) is 0 Å². The molecule has 0 fully saturated rings. The minimum atomic E-state index is -1.57. The molecule has 9 nitrogen and oxygen atoms in total. The van der Waals surface area contributed by atoms with Crippen molar-refractivity contribution in [2.75, 3.05) is 0 Å². The normalized spacial score (nSPS) is 7.18. The summed E-state index contributed by atoms with van der Waals surface area (Å²) in [5.74, 6) is 0. The van der Waals surface area contributed by atoms with Crippen molar-refractivity contribution in [3.05, 3.63) is 20.6 Å². The molecule has 11 heavy (non-hydrogen) atoms. The van der Waals surface area contributed by atoms with Gasteiger partial charge < -0.3 is 0 Å². The molecule has 0 atom stereocenters. The van der Waals surface area contributed by atoms with Gasteiger partial charge in [-0.05, 0) is 5.53 Å². The van der Waals surface area contributed by atoms with E-state index in [9.17, 15) is 14.9 Å². The molecule has 0 aromatic rings. The molecule has 0 saturated heterocycles. The molecule has 0 saturated carbocycles. The fourth-order valence-electron chi connectivity index (χ4n) is 0.230. The lowest BCUT2D eigenvalue weighted by Crippen LogP contribution is -2.28. The third-order valence-electron chi connectivity index (χ3n) is 0.569. The predicted molar refractivity (Wildman–Crippen MR) is 29.0 cm³/mol. The van der Waals surface area contributed by atoms with Crippen LogP contribution in [0.3, 0.4) is 0 Å². The van der Waals surface area contributed by atoms with E-state index in [-0.39, 0.29) is 0 Å². The van der Waals surface area contributed by atoms with Crippen LogP contribution in [0.5, 0.6) is 0 Å². The van der Waals surface area contributed by atoms with Crippen molar-refractivity contribution in [2.45, 2.75) is 0 Å². The molecule has 2 amide bonds. The van der Waals surface area contributed by atoms with Gasteiger partial charge in [-0.15, -0.1) is 0 Å². The third kappa shape index (κ3) is 2.17. The molecular weight excluding hydrogens is 156 g/mol. The molecule has 0 aliphatic heterocycles. The van der Waals surface area contributed by atoms with E-state index in [1.165, 1.54) is 0 Å². The zero-order valence-electron chi connectivity index (χ0n) is 4.91. The van der Waals surface area contributed by atoms with E-state index >= 15 is 0 Å². The van der Waals surface area contributed by atoms with Crippen molar-refractivity contribution >= 4 is 6.03 Å². The summed E-state index contributed by atoms with van der Waals surface area (Å²) >= 11 is 0. The Labute approximate surface area is 59.2 Å². The molecular formula is C2N6O3. The first-order valence-electron chi connectivity index (χ1n) is 2.06. The highest BCUT2D eigenvalue weighted by Gasteiger charge is 2.22. The summed E-state index contributed by atoms with van der Waals surface area (Å²) in [7, 11) is 0. The van der Waals surface area contributed by atoms with Crippen LogP contribution in [-0.2, 0) is 0 Å². The maximum absolute atomic E-state index is 10.3. The fourth-order valence-corrected chi connectivity index (χ4v) is 0.230. The Kier molecular flexibility index (Phi) is 2.88. The quantitative estimate of drug-likeness (QED) is 0.103. The van der Waals surface area contributed by atoms with Gasteiger partial charge in [0.05, 0.1) is 5.01 Å². The Morgan fingerprint density at radius 1 is 1.91 bits per heavy atom. The summed E-state index contributed by atoms with van der Waals surface area (Å²) in [5, 5.41) is 18.2. The summed E-state index contributed by atoms with van der Waals surface area (Å²) < 4.78 is 0. The smallest absolute Gasteiger partial charge is 0.260 e. The Morgan fingerprint density at radius 3 is 2.73 bits per heavy atom. The number of hydrogen-bond acceptors (Lipinski definition) is 4. The summed E-state index contributed by atoms with van der Waals surface area (Å²) in [4.78, 5) is 22.0. The first kappa shape index (κ1) is 8.67. The van der Waals surface area contributed by atoms with Gasteiger partial charge in [-0.3, -0.25) is 4.79 Å². The third-order valence-corrected chi connectivity index (χ3v) is 0.569. The molecule has 0 N–H and O–H groups in total. The lowest BCUT2D eigenvalue weighted by atomic mass is 11.0. The van der Waals surface area contributed by atoms with Gasteiger partial charge in [0.1, 0.15) is 0 Å². The Balaban J connectivity index is 4.55. The van der Waals surface area contributed by atoms with Crippen LogP contribution in [0.4, 0.5) is 4.79 Å². The van der Waals surface area contributed by atoms with E-state index in [1.807, 2.05) is 4.91 Å². The molecule has 9 heteroatoms. The summed E-state index contributed by atoms with van der Waals surface area (Å²) in [5.41, 5.74) is 7.64. The first-order chi connectivity index (χ1) is 5.13. The molecule has 0 aromatic carbocycles. The van der Waals surface area contributed by atoms with Crippen molar-refractivity contribution in [3.8, 4) is 6.19 Å². The highest BCUT2D eigenvalue weighted by Crippen LogP contribution is 1.90. The highest BCUT2D eigenvalue weighted by molar-refractivity contribution is 5.75. The molecule has 0 spiro atoms. The summed E-state index contributed by atoms with van der Waals surface area (Å²) in [6.07, 6.45) is 0.906. The average molecular weight is 156 g/mol. The average Bonchev–Trinajstić information content (AvgIpc) is 1.88. The summed E-state index contributed by atoms with van der Waals surface area (Å²) in [6, 6.07) is -1.57. The minimum Gasteiger partial charge on any atom is -0.260 e. The molecule has 0 aliphatic carbocycles. The monoisotopic (exact) mass is 156 g/mol. The van der Waals surface area contributed by atoms with E-state index in [1.54, 1.807) is 0 Å². The van der Waals surface area contributed by atoms with Crippen LogP contribution in [0.25, 0.3) is 10.4 Å². The number of azide groups is 1. The van der Waals surface area contributed by atoms with Crippen LogP contribution in [0.15, 0.2) is 5.11 Å². The number of hydrogen-bond donors (Lipinski definition) is 0. The number of nitrogens with zero attached hydrogens (tertiary/aromatic N) is 6. The van der Waals surface area contributed by atoms with Gasteiger partial charge in [-0.1, -0.05) is 0 Å². The Morgan fingerprint density at radius 2 is 2.45 bits per heavy atom. The van der Waals surface area contributed by atoms with Crippen LogP contribution in [0, 0.1) is 21.6 Å². The maximum atomic E-state index is 10.3.